The highest BCUT2D eigenvalue weighted by atomic mass is 16.5. The van der Waals surface area contributed by atoms with Crippen LogP contribution in [0.4, 0.5) is 0 Å². The van der Waals surface area contributed by atoms with Gasteiger partial charge in [0.25, 0.3) is 0 Å². The summed E-state index contributed by atoms with van der Waals surface area (Å²) in [6, 6.07) is 3.61. The maximum atomic E-state index is 11.1. The van der Waals surface area contributed by atoms with Gasteiger partial charge in [0.05, 0.1) is 14.2 Å². The number of carbonyl (C=O) groups is 1. The number of hydrogen-bond donors (Lipinski definition) is 2. The summed E-state index contributed by atoms with van der Waals surface area (Å²) < 4.78 is 9.35. The average molecular weight is 211 g/mol. The first-order valence-electron chi connectivity index (χ1n) is 4.30. The van der Waals surface area contributed by atoms with Crippen molar-refractivity contribution in [1.82, 2.24) is 0 Å². The van der Waals surface area contributed by atoms with E-state index in [9.17, 15) is 9.90 Å². The Labute approximate surface area is 87.4 Å². The van der Waals surface area contributed by atoms with Gasteiger partial charge in [-0.15, -0.1) is 0 Å². The van der Waals surface area contributed by atoms with Crippen molar-refractivity contribution in [2.45, 2.75) is 6.04 Å². The summed E-state index contributed by atoms with van der Waals surface area (Å²) >= 11 is 0. The monoisotopic (exact) mass is 211 g/mol. The number of aromatic hydroxyl groups is 1. The maximum Gasteiger partial charge on any atom is 0.327 e. The van der Waals surface area contributed by atoms with E-state index < -0.39 is 12.0 Å². The Hall–Kier alpha value is -1.75. The average Bonchev–Trinajstić information content (AvgIpc) is 2.26. The quantitative estimate of drug-likeness (QED) is 0.714. The molecular weight excluding hydrogens is 198 g/mol. The highest BCUT2D eigenvalue weighted by Crippen LogP contribution is 2.28. The van der Waals surface area contributed by atoms with Crippen LogP contribution >= 0.6 is 0 Å². The lowest BCUT2D eigenvalue weighted by molar-refractivity contribution is -0.142. The van der Waals surface area contributed by atoms with E-state index in [2.05, 4.69) is 4.74 Å². The first-order valence-corrected chi connectivity index (χ1v) is 4.30. The predicted molar refractivity (Wildman–Crippen MR) is 53.6 cm³/mol. The molecule has 5 heteroatoms. The molecule has 0 saturated heterocycles. The van der Waals surface area contributed by atoms with Gasteiger partial charge >= 0.3 is 5.97 Å². The highest BCUT2D eigenvalue weighted by molar-refractivity contribution is 5.77. The summed E-state index contributed by atoms with van der Waals surface area (Å²) in [6.07, 6.45) is 0. The largest absolute Gasteiger partial charge is 0.504 e. The normalized spacial score (nSPS) is 11.9. The van der Waals surface area contributed by atoms with Gasteiger partial charge in [-0.25, -0.2) is 0 Å². The molecule has 5 nitrogen and oxygen atoms in total. The van der Waals surface area contributed by atoms with Crippen LogP contribution in [0.15, 0.2) is 18.2 Å². The van der Waals surface area contributed by atoms with Gasteiger partial charge in [-0.2, -0.15) is 0 Å². The maximum absolute atomic E-state index is 11.1. The minimum absolute atomic E-state index is 0.0608. The molecule has 0 amide bonds. The molecule has 0 bridgehead atoms. The van der Waals surface area contributed by atoms with E-state index in [0.717, 1.165) is 0 Å². The van der Waals surface area contributed by atoms with Crippen LogP contribution in [0.2, 0.25) is 0 Å². The summed E-state index contributed by atoms with van der Waals surface area (Å²) in [5.74, 6) is -0.287. The number of hydrogen-bond acceptors (Lipinski definition) is 5. The van der Waals surface area contributed by atoms with Gasteiger partial charge in [-0.3, -0.25) is 4.79 Å². The standard InChI is InChI=1S/C10H13NO4/c1-14-8-4-3-6(5-7(8)12)9(11)10(13)15-2/h3-5,9,12H,11H2,1-2H3/t9-/m0/s1. The van der Waals surface area contributed by atoms with Crippen LogP contribution in [0.1, 0.15) is 11.6 Å². The second-order valence-corrected chi connectivity index (χ2v) is 2.93. The predicted octanol–water partition coefficient (Wildman–Crippen LogP) is 0.574. The van der Waals surface area contributed by atoms with Crippen molar-refractivity contribution in [2.24, 2.45) is 5.73 Å². The third-order valence-electron chi connectivity index (χ3n) is 2.02. The van der Waals surface area contributed by atoms with Gasteiger partial charge in [-0.1, -0.05) is 6.07 Å². The summed E-state index contributed by atoms with van der Waals surface area (Å²) in [5, 5.41) is 9.46. The number of rotatable bonds is 3. The summed E-state index contributed by atoms with van der Waals surface area (Å²) in [4.78, 5) is 11.1. The van der Waals surface area contributed by atoms with Crippen molar-refractivity contribution in [2.75, 3.05) is 14.2 Å². The Balaban J connectivity index is 2.97. The van der Waals surface area contributed by atoms with Gasteiger partial charge in [-0.05, 0) is 17.7 Å². The number of esters is 1. The molecule has 0 radical (unpaired) electrons. The van der Waals surface area contributed by atoms with E-state index in [-0.39, 0.29) is 5.75 Å². The molecule has 1 rings (SSSR count). The summed E-state index contributed by atoms with van der Waals surface area (Å²) in [5.41, 5.74) is 6.06. The molecule has 1 aromatic carbocycles. The summed E-state index contributed by atoms with van der Waals surface area (Å²) in [6.45, 7) is 0. The van der Waals surface area contributed by atoms with Crippen LogP contribution in [0.3, 0.4) is 0 Å². The van der Waals surface area contributed by atoms with E-state index in [1.807, 2.05) is 0 Å². The molecule has 82 valence electrons. The molecule has 1 aromatic rings. The third-order valence-corrected chi connectivity index (χ3v) is 2.02. The van der Waals surface area contributed by atoms with Crippen molar-refractivity contribution >= 4 is 5.97 Å². The number of benzene rings is 1. The fourth-order valence-electron chi connectivity index (χ4n) is 1.16. The molecule has 0 aromatic heterocycles. The minimum Gasteiger partial charge on any atom is -0.504 e. The lowest BCUT2D eigenvalue weighted by atomic mass is 10.1. The molecule has 0 spiro atoms. The van der Waals surface area contributed by atoms with Crippen molar-refractivity contribution in [1.29, 1.82) is 0 Å². The van der Waals surface area contributed by atoms with Crippen molar-refractivity contribution < 1.29 is 19.4 Å². The lowest BCUT2D eigenvalue weighted by Gasteiger charge is -2.11. The first kappa shape index (κ1) is 11.3. The molecule has 3 N–H and O–H groups in total. The third kappa shape index (κ3) is 2.38. The second-order valence-electron chi connectivity index (χ2n) is 2.93. The smallest absolute Gasteiger partial charge is 0.327 e. The molecule has 0 aliphatic heterocycles. The molecule has 0 unspecified atom stereocenters. The molecule has 15 heavy (non-hydrogen) atoms. The van der Waals surface area contributed by atoms with Gasteiger partial charge in [0.1, 0.15) is 6.04 Å². The number of methoxy groups -OCH3 is 2. The van der Waals surface area contributed by atoms with Gasteiger partial charge < -0.3 is 20.3 Å². The SMILES string of the molecule is COC(=O)[C@@H](N)c1ccc(OC)c(O)c1. The number of carbonyl (C=O) groups excluding carboxylic acids is 1. The Morgan fingerprint density at radius 1 is 1.47 bits per heavy atom. The molecule has 0 fully saturated rings. The molecule has 0 heterocycles. The zero-order valence-electron chi connectivity index (χ0n) is 8.56. The van der Waals surface area contributed by atoms with Crippen molar-refractivity contribution in [3.05, 3.63) is 23.8 Å². The number of ether oxygens (including phenoxy) is 2. The Morgan fingerprint density at radius 3 is 2.60 bits per heavy atom. The molecule has 0 aliphatic rings. The van der Waals surface area contributed by atoms with Crippen molar-refractivity contribution in [3.63, 3.8) is 0 Å². The van der Waals surface area contributed by atoms with Gasteiger partial charge in [0.2, 0.25) is 0 Å². The summed E-state index contributed by atoms with van der Waals surface area (Å²) in [7, 11) is 2.69. The van der Waals surface area contributed by atoms with Crippen LogP contribution in [-0.2, 0) is 9.53 Å². The Bertz CT molecular complexity index is 364. The van der Waals surface area contributed by atoms with Gasteiger partial charge in [0.15, 0.2) is 11.5 Å². The van der Waals surface area contributed by atoms with Gasteiger partial charge in [0, 0.05) is 0 Å². The van der Waals surface area contributed by atoms with E-state index in [0.29, 0.717) is 11.3 Å². The van der Waals surface area contributed by atoms with Crippen molar-refractivity contribution in [3.8, 4) is 11.5 Å². The van der Waals surface area contributed by atoms with E-state index >= 15 is 0 Å². The molecule has 1 atom stereocenters. The molecular formula is C10H13NO4. The zero-order chi connectivity index (χ0) is 11.4. The fraction of sp³-hybridized carbons (Fsp3) is 0.300. The first-order chi connectivity index (χ1) is 7.10. The minimum atomic E-state index is -0.896. The number of phenolic OH excluding ortho intramolecular Hbond substituents is 1. The zero-order valence-corrected chi connectivity index (χ0v) is 8.56. The van der Waals surface area contributed by atoms with Crippen LogP contribution in [0.5, 0.6) is 11.5 Å². The van der Waals surface area contributed by atoms with Crippen LogP contribution < -0.4 is 10.5 Å². The van der Waals surface area contributed by atoms with Crippen LogP contribution in [0.25, 0.3) is 0 Å². The van der Waals surface area contributed by atoms with E-state index in [4.69, 9.17) is 10.5 Å². The van der Waals surface area contributed by atoms with Crippen LogP contribution in [-0.4, -0.2) is 25.3 Å². The topological polar surface area (TPSA) is 81.8 Å². The highest BCUT2D eigenvalue weighted by Gasteiger charge is 2.17. The lowest BCUT2D eigenvalue weighted by Crippen LogP contribution is -2.22. The number of nitrogens with two attached hydrogens (primary N) is 1. The molecule has 0 saturated carbocycles. The Kier molecular flexibility index (Phi) is 3.51. The van der Waals surface area contributed by atoms with E-state index in [1.54, 1.807) is 6.07 Å². The van der Waals surface area contributed by atoms with Crippen LogP contribution in [0, 0.1) is 0 Å². The number of phenols is 1. The Morgan fingerprint density at radius 2 is 2.13 bits per heavy atom. The fourth-order valence-corrected chi connectivity index (χ4v) is 1.16. The molecule has 0 aliphatic carbocycles. The second kappa shape index (κ2) is 4.65. The van der Waals surface area contributed by atoms with E-state index in [1.165, 1.54) is 26.4 Å².